The van der Waals surface area contributed by atoms with Crippen molar-refractivity contribution in [1.29, 1.82) is 0 Å². The molecule has 3 aliphatic rings. The van der Waals surface area contributed by atoms with Crippen LogP contribution in [0.5, 0.6) is 0 Å². The van der Waals surface area contributed by atoms with Gasteiger partial charge in [-0.3, -0.25) is 4.79 Å². The third-order valence-corrected chi connectivity index (χ3v) is 6.67. The first-order valence-electron chi connectivity index (χ1n) is 9.09. The maximum Gasteiger partial charge on any atom is 0.310 e. The fourth-order valence-corrected chi connectivity index (χ4v) is 5.22. The molecule has 3 nitrogen and oxygen atoms in total. The second kappa shape index (κ2) is 5.99. The Morgan fingerprint density at radius 2 is 2.09 bits per heavy atom. The molecule has 1 heterocycles. The van der Waals surface area contributed by atoms with Crippen LogP contribution in [0.25, 0.3) is 0 Å². The zero-order valence-corrected chi connectivity index (χ0v) is 14.4. The van der Waals surface area contributed by atoms with Crippen LogP contribution in [0.2, 0.25) is 0 Å². The van der Waals surface area contributed by atoms with Gasteiger partial charge < -0.3 is 9.64 Å². The molecular weight excluding hydrogens is 274 g/mol. The van der Waals surface area contributed by atoms with Gasteiger partial charge in [-0.1, -0.05) is 32.9 Å². The van der Waals surface area contributed by atoms with Gasteiger partial charge in [-0.05, 0) is 56.5 Å². The molecule has 3 fully saturated rings. The van der Waals surface area contributed by atoms with E-state index >= 15 is 0 Å². The summed E-state index contributed by atoms with van der Waals surface area (Å²) in [5.74, 6) is 1.12. The summed E-state index contributed by atoms with van der Waals surface area (Å²) in [6.07, 6.45) is 5.99. The molecule has 0 spiro atoms. The van der Waals surface area contributed by atoms with E-state index in [0.717, 1.165) is 32.5 Å². The number of carbonyl (C=O) groups excluding carboxylic acids is 1. The molecule has 1 saturated heterocycles. The molecule has 0 radical (unpaired) electrons. The lowest BCUT2D eigenvalue weighted by Gasteiger charge is -2.50. The topological polar surface area (TPSA) is 29.5 Å². The molecule has 124 valence electrons. The van der Waals surface area contributed by atoms with Gasteiger partial charge in [-0.2, -0.15) is 0 Å². The Bertz CT molecular complexity index is 456. The minimum Gasteiger partial charge on any atom is -0.462 e. The summed E-state index contributed by atoms with van der Waals surface area (Å²) < 4.78 is 5.82. The van der Waals surface area contributed by atoms with E-state index in [1.807, 2.05) is 0 Å². The SMILES string of the molecule is C=C1CCC[C@]2(C)C[C@H]3OC(=O)[C@@H](CN(CC)CC)[C@H]3C[C@@H]12. The van der Waals surface area contributed by atoms with Crippen LogP contribution in [0.4, 0.5) is 0 Å². The molecule has 0 bridgehead atoms. The first kappa shape index (κ1) is 16.0. The third-order valence-electron chi connectivity index (χ3n) is 6.67. The molecular formula is C19H31NO2. The molecule has 0 N–H and O–H groups in total. The lowest BCUT2D eigenvalue weighted by molar-refractivity contribution is -0.146. The average Bonchev–Trinajstić information content (AvgIpc) is 2.77. The highest BCUT2D eigenvalue weighted by atomic mass is 16.6. The number of rotatable bonds is 4. The molecule has 3 heteroatoms. The first-order chi connectivity index (χ1) is 10.5. The maximum atomic E-state index is 12.4. The van der Waals surface area contributed by atoms with Gasteiger partial charge in [-0.15, -0.1) is 0 Å². The number of ether oxygens (including phenoxy) is 1. The number of carbonyl (C=O) groups is 1. The summed E-state index contributed by atoms with van der Waals surface area (Å²) in [5, 5.41) is 0. The van der Waals surface area contributed by atoms with E-state index in [-0.39, 0.29) is 18.0 Å². The van der Waals surface area contributed by atoms with Crippen LogP contribution in [-0.2, 0) is 9.53 Å². The van der Waals surface area contributed by atoms with Gasteiger partial charge in [0, 0.05) is 12.5 Å². The lowest BCUT2D eigenvalue weighted by atomic mass is 9.55. The largest absolute Gasteiger partial charge is 0.462 e. The minimum absolute atomic E-state index is 0.0507. The van der Waals surface area contributed by atoms with Crippen molar-refractivity contribution in [2.75, 3.05) is 19.6 Å². The normalized spacial score (nSPS) is 41.3. The number of hydrogen-bond acceptors (Lipinski definition) is 3. The van der Waals surface area contributed by atoms with Crippen LogP contribution in [0.3, 0.4) is 0 Å². The zero-order valence-electron chi connectivity index (χ0n) is 14.4. The molecule has 0 aromatic carbocycles. The van der Waals surface area contributed by atoms with Crippen LogP contribution in [0.1, 0.15) is 52.9 Å². The van der Waals surface area contributed by atoms with Crippen LogP contribution in [-0.4, -0.2) is 36.6 Å². The van der Waals surface area contributed by atoms with Crippen LogP contribution in [0.15, 0.2) is 12.2 Å². The van der Waals surface area contributed by atoms with Crippen molar-refractivity contribution in [1.82, 2.24) is 4.90 Å². The van der Waals surface area contributed by atoms with Crippen molar-refractivity contribution in [2.45, 2.75) is 59.0 Å². The Labute approximate surface area is 135 Å². The molecule has 2 saturated carbocycles. The first-order valence-corrected chi connectivity index (χ1v) is 9.09. The highest BCUT2D eigenvalue weighted by Gasteiger charge is 2.55. The van der Waals surface area contributed by atoms with E-state index in [0.29, 0.717) is 17.3 Å². The quantitative estimate of drug-likeness (QED) is 0.586. The summed E-state index contributed by atoms with van der Waals surface area (Å²) >= 11 is 0. The zero-order chi connectivity index (χ0) is 15.9. The van der Waals surface area contributed by atoms with E-state index in [1.165, 1.54) is 24.8 Å². The molecule has 1 aliphatic heterocycles. The van der Waals surface area contributed by atoms with Gasteiger partial charge in [0.1, 0.15) is 6.10 Å². The summed E-state index contributed by atoms with van der Waals surface area (Å²) in [6.45, 7) is 14.0. The summed E-state index contributed by atoms with van der Waals surface area (Å²) in [4.78, 5) is 14.8. The highest BCUT2D eigenvalue weighted by molar-refractivity contribution is 5.75. The average molecular weight is 305 g/mol. The van der Waals surface area contributed by atoms with E-state index in [9.17, 15) is 4.79 Å². The van der Waals surface area contributed by atoms with E-state index < -0.39 is 0 Å². The van der Waals surface area contributed by atoms with Crippen molar-refractivity contribution in [3.05, 3.63) is 12.2 Å². The number of allylic oxidation sites excluding steroid dienone is 1. The molecule has 5 atom stereocenters. The van der Waals surface area contributed by atoms with Crippen molar-refractivity contribution in [3.63, 3.8) is 0 Å². The Balaban J connectivity index is 1.78. The number of fused-ring (bicyclic) bond motifs is 2. The van der Waals surface area contributed by atoms with Gasteiger partial charge in [-0.25, -0.2) is 0 Å². The minimum atomic E-state index is 0.0507. The molecule has 0 unspecified atom stereocenters. The predicted molar refractivity (Wildman–Crippen MR) is 88.5 cm³/mol. The Morgan fingerprint density at radius 1 is 1.36 bits per heavy atom. The monoisotopic (exact) mass is 305 g/mol. The lowest BCUT2D eigenvalue weighted by Crippen LogP contribution is -2.45. The van der Waals surface area contributed by atoms with Gasteiger partial charge in [0.25, 0.3) is 0 Å². The summed E-state index contributed by atoms with van der Waals surface area (Å²) in [5.41, 5.74) is 1.73. The Kier molecular flexibility index (Phi) is 4.37. The predicted octanol–water partition coefficient (Wildman–Crippen LogP) is 3.64. The van der Waals surface area contributed by atoms with Crippen molar-refractivity contribution in [3.8, 4) is 0 Å². The van der Waals surface area contributed by atoms with Crippen LogP contribution < -0.4 is 0 Å². The molecule has 0 aromatic rings. The maximum absolute atomic E-state index is 12.4. The fraction of sp³-hybridized carbons (Fsp3) is 0.842. The third kappa shape index (κ3) is 2.62. The Morgan fingerprint density at radius 3 is 2.77 bits per heavy atom. The Hall–Kier alpha value is -0.830. The second-order valence-electron chi connectivity index (χ2n) is 7.89. The molecule has 3 rings (SSSR count). The van der Waals surface area contributed by atoms with Crippen LogP contribution >= 0.6 is 0 Å². The summed E-state index contributed by atoms with van der Waals surface area (Å²) in [7, 11) is 0. The number of hydrogen-bond donors (Lipinski definition) is 0. The highest BCUT2D eigenvalue weighted by Crippen LogP contribution is 2.56. The van der Waals surface area contributed by atoms with E-state index in [4.69, 9.17) is 4.74 Å². The van der Waals surface area contributed by atoms with Gasteiger partial charge in [0.05, 0.1) is 5.92 Å². The van der Waals surface area contributed by atoms with E-state index in [2.05, 4.69) is 32.3 Å². The fourth-order valence-electron chi connectivity index (χ4n) is 5.22. The molecule has 0 amide bonds. The van der Waals surface area contributed by atoms with Crippen molar-refractivity contribution in [2.24, 2.45) is 23.2 Å². The van der Waals surface area contributed by atoms with Crippen molar-refractivity contribution >= 4 is 5.97 Å². The standard InChI is InChI=1S/C19H31NO2/c1-5-20(6-2)12-15-14-10-16-13(3)8-7-9-19(16,4)11-17(14)22-18(15)21/h14-17H,3,5-12H2,1-2,4H3/t14-,15+,16+,17-,19-/m1/s1. The van der Waals surface area contributed by atoms with Gasteiger partial charge in [0.15, 0.2) is 0 Å². The van der Waals surface area contributed by atoms with Gasteiger partial charge in [0.2, 0.25) is 0 Å². The molecule has 2 aliphatic carbocycles. The van der Waals surface area contributed by atoms with Crippen molar-refractivity contribution < 1.29 is 9.53 Å². The van der Waals surface area contributed by atoms with Crippen LogP contribution in [0, 0.1) is 23.2 Å². The number of nitrogens with zero attached hydrogens (tertiary/aromatic N) is 1. The molecule has 0 aromatic heterocycles. The molecule has 22 heavy (non-hydrogen) atoms. The smallest absolute Gasteiger partial charge is 0.310 e. The van der Waals surface area contributed by atoms with E-state index in [1.54, 1.807) is 0 Å². The van der Waals surface area contributed by atoms with Gasteiger partial charge >= 0.3 is 5.97 Å². The second-order valence-corrected chi connectivity index (χ2v) is 7.89. The number of esters is 1. The summed E-state index contributed by atoms with van der Waals surface area (Å²) in [6, 6.07) is 0.